The third-order valence-corrected chi connectivity index (χ3v) is 7.35. The third-order valence-electron chi connectivity index (χ3n) is 5.64. The zero-order valence-electron chi connectivity index (χ0n) is 14.5. The molecule has 2 N–H and O–H groups in total. The molecule has 1 saturated carbocycles. The highest BCUT2D eigenvalue weighted by molar-refractivity contribution is 9.10. The van der Waals surface area contributed by atoms with E-state index < -0.39 is 17.4 Å². The zero-order valence-corrected chi connectivity index (χ0v) is 16.9. The Morgan fingerprint density at radius 2 is 1.89 bits per heavy atom. The molecule has 0 unspecified atom stereocenters. The predicted octanol–water partition coefficient (Wildman–Crippen LogP) is 2.63. The number of carbonyl (C=O) groups excluding carboxylic acids is 2. The van der Waals surface area contributed by atoms with Crippen LogP contribution < -0.4 is 5.32 Å². The smallest absolute Gasteiger partial charge is 0.352 e. The first-order chi connectivity index (χ1) is 12.9. The molecule has 142 valence electrons. The lowest BCUT2D eigenvalue weighted by atomic mass is 9.77. The number of aliphatic carboxylic acids is 1. The minimum absolute atomic E-state index is 0.0118. The number of amides is 2. The quantitative estimate of drug-likeness (QED) is 0.688. The Bertz CT molecular complexity index is 833. The van der Waals surface area contributed by atoms with Crippen LogP contribution in [0.2, 0.25) is 0 Å². The van der Waals surface area contributed by atoms with Gasteiger partial charge in [0, 0.05) is 10.2 Å². The summed E-state index contributed by atoms with van der Waals surface area (Å²) >= 11 is 4.90. The number of nitrogens with zero attached hydrogens (tertiary/aromatic N) is 1. The molecule has 0 bridgehead atoms. The van der Waals surface area contributed by atoms with Gasteiger partial charge in [-0.3, -0.25) is 14.5 Å². The molecule has 1 aromatic carbocycles. The summed E-state index contributed by atoms with van der Waals surface area (Å²) in [4.78, 5) is 38.4. The molecular weight excluding hydrogens is 432 g/mol. The number of benzene rings is 1. The number of thioether (sulfide) groups is 1. The molecule has 2 atom stereocenters. The van der Waals surface area contributed by atoms with Crippen molar-refractivity contribution in [3.05, 3.63) is 46.1 Å². The molecule has 1 aliphatic carbocycles. The fourth-order valence-electron chi connectivity index (χ4n) is 4.21. The van der Waals surface area contributed by atoms with Crippen LogP contribution >= 0.6 is 27.7 Å². The summed E-state index contributed by atoms with van der Waals surface area (Å²) in [6, 6.07) is 7.12. The lowest BCUT2D eigenvalue weighted by Gasteiger charge is -2.49. The highest BCUT2D eigenvalue weighted by Gasteiger charge is 2.54. The summed E-state index contributed by atoms with van der Waals surface area (Å²) in [5.41, 5.74) is 0.358. The van der Waals surface area contributed by atoms with E-state index >= 15 is 0 Å². The molecule has 0 radical (unpaired) electrons. The Labute approximate surface area is 169 Å². The Kier molecular flexibility index (Phi) is 4.80. The topological polar surface area (TPSA) is 86.7 Å². The first kappa shape index (κ1) is 18.6. The van der Waals surface area contributed by atoms with Gasteiger partial charge in [-0.25, -0.2) is 4.79 Å². The summed E-state index contributed by atoms with van der Waals surface area (Å²) in [5, 5.41) is 11.9. The molecule has 1 aromatic rings. The van der Waals surface area contributed by atoms with Gasteiger partial charge >= 0.3 is 5.97 Å². The first-order valence-corrected chi connectivity index (χ1v) is 10.7. The van der Waals surface area contributed by atoms with Crippen LogP contribution in [0.25, 0.3) is 0 Å². The molecule has 2 aliphatic heterocycles. The average molecular weight is 451 g/mol. The lowest BCUT2D eigenvalue weighted by molar-refractivity contribution is -0.151. The number of halogens is 1. The van der Waals surface area contributed by atoms with Crippen molar-refractivity contribution in [1.29, 1.82) is 0 Å². The number of carboxylic acids is 1. The van der Waals surface area contributed by atoms with E-state index in [9.17, 15) is 19.5 Å². The summed E-state index contributed by atoms with van der Waals surface area (Å²) in [6.45, 7) is 0. The molecule has 2 fully saturated rings. The lowest BCUT2D eigenvalue weighted by Crippen LogP contribution is -2.71. The fourth-order valence-corrected chi connectivity index (χ4v) is 5.67. The Hall–Kier alpha value is -1.80. The van der Waals surface area contributed by atoms with Crippen LogP contribution in [0.5, 0.6) is 0 Å². The van der Waals surface area contributed by atoms with E-state index in [0.717, 1.165) is 35.7 Å². The first-order valence-electron chi connectivity index (χ1n) is 8.89. The van der Waals surface area contributed by atoms with E-state index in [1.807, 2.05) is 24.3 Å². The molecule has 1 saturated heterocycles. The fraction of sp³-hybridized carbons (Fsp3) is 0.421. The Balaban J connectivity index is 1.55. The molecular formula is C19H19BrN2O4S. The number of carboxylic acid groups (broad SMARTS) is 1. The van der Waals surface area contributed by atoms with Gasteiger partial charge in [0.05, 0.1) is 5.41 Å². The number of hydrogen-bond donors (Lipinski definition) is 2. The van der Waals surface area contributed by atoms with Crippen molar-refractivity contribution >= 4 is 45.5 Å². The van der Waals surface area contributed by atoms with E-state index in [-0.39, 0.29) is 22.9 Å². The maximum atomic E-state index is 13.3. The van der Waals surface area contributed by atoms with Gasteiger partial charge in [0.1, 0.15) is 17.1 Å². The number of carbonyl (C=O) groups is 3. The average Bonchev–Trinajstić information content (AvgIpc) is 3.16. The molecule has 2 heterocycles. The summed E-state index contributed by atoms with van der Waals surface area (Å²) < 4.78 is 0.955. The van der Waals surface area contributed by atoms with Gasteiger partial charge in [-0.1, -0.05) is 40.9 Å². The van der Waals surface area contributed by atoms with Crippen molar-refractivity contribution < 1.29 is 19.5 Å². The standard InChI is InChI=1S/C19H19BrN2O4S/c20-12-5-3-11(4-6-12)19(8-1-2-9-19)18(26)21-14-15(23)22-13(17(24)25)7-10-27-16(14)22/h3-7,14,16H,1-2,8-10H2,(H,21,26)(H,24,25)/t14-,16-/m1/s1. The van der Waals surface area contributed by atoms with Crippen molar-refractivity contribution in [2.24, 2.45) is 0 Å². The molecule has 6 nitrogen and oxygen atoms in total. The van der Waals surface area contributed by atoms with Crippen LogP contribution in [0.15, 0.2) is 40.5 Å². The van der Waals surface area contributed by atoms with E-state index in [2.05, 4.69) is 21.2 Å². The largest absolute Gasteiger partial charge is 0.477 e. The molecule has 3 aliphatic rings. The third kappa shape index (κ3) is 2.99. The van der Waals surface area contributed by atoms with Gasteiger partial charge in [0.15, 0.2) is 0 Å². The van der Waals surface area contributed by atoms with E-state index in [1.54, 1.807) is 6.08 Å². The van der Waals surface area contributed by atoms with Crippen molar-refractivity contribution in [2.45, 2.75) is 42.5 Å². The van der Waals surface area contributed by atoms with Gasteiger partial charge in [-0.2, -0.15) is 0 Å². The second-order valence-electron chi connectivity index (χ2n) is 7.07. The number of fused-ring (bicyclic) bond motifs is 1. The molecule has 2 amide bonds. The normalized spacial score (nSPS) is 26.0. The van der Waals surface area contributed by atoms with Crippen LogP contribution in [0.4, 0.5) is 0 Å². The number of nitrogens with one attached hydrogen (secondary N) is 1. The monoisotopic (exact) mass is 450 g/mol. The van der Waals surface area contributed by atoms with Crippen molar-refractivity contribution in [1.82, 2.24) is 10.2 Å². The molecule has 0 spiro atoms. The van der Waals surface area contributed by atoms with Gasteiger partial charge in [-0.15, -0.1) is 11.8 Å². The number of hydrogen-bond acceptors (Lipinski definition) is 4. The van der Waals surface area contributed by atoms with Gasteiger partial charge in [-0.05, 0) is 36.6 Å². The summed E-state index contributed by atoms with van der Waals surface area (Å²) in [5.74, 6) is -1.08. The van der Waals surface area contributed by atoms with E-state index in [0.29, 0.717) is 5.75 Å². The maximum Gasteiger partial charge on any atom is 0.352 e. The van der Waals surface area contributed by atoms with Crippen LogP contribution in [0.3, 0.4) is 0 Å². The SMILES string of the molecule is O=C(O)C1=CCS[C@@H]2[C@H](NC(=O)C3(c4ccc(Br)cc4)CCCC3)C(=O)N12. The highest BCUT2D eigenvalue weighted by atomic mass is 79.9. The minimum atomic E-state index is -1.11. The van der Waals surface area contributed by atoms with E-state index in [4.69, 9.17) is 0 Å². The molecule has 0 aromatic heterocycles. The maximum absolute atomic E-state index is 13.3. The Morgan fingerprint density at radius 3 is 2.52 bits per heavy atom. The molecule has 27 heavy (non-hydrogen) atoms. The van der Waals surface area contributed by atoms with E-state index in [1.165, 1.54) is 16.7 Å². The van der Waals surface area contributed by atoms with Crippen LogP contribution in [0, 0.1) is 0 Å². The predicted molar refractivity (Wildman–Crippen MR) is 105 cm³/mol. The molecule has 4 rings (SSSR count). The zero-order chi connectivity index (χ0) is 19.2. The number of β-lactam (4-membered cyclic amide) rings is 1. The van der Waals surface area contributed by atoms with Crippen molar-refractivity contribution in [2.75, 3.05) is 5.75 Å². The van der Waals surface area contributed by atoms with Crippen molar-refractivity contribution in [3.63, 3.8) is 0 Å². The second-order valence-corrected chi connectivity index (χ2v) is 9.14. The Morgan fingerprint density at radius 1 is 1.22 bits per heavy atom. The van der Waals surface area contributed by atoms with Gasteiger partial charge < -0.3 is 10.4 Å². The van der Waals surface area contributed by atoms with Gasteiger partial charge in [0.25, 0.3) is 5.91 Å². The molecule has 8 heteroatoms. The van der Waals surface area contributed by atoms with Crippen LogP contribution in [-0.2, 0) is 19.8 Å². The minimum Gasteiger partial charge on any atom is -0.477 e. The van der Waals surface area contributed by atoms with Crippen LogP contribution in [-0.4, -0.2) is 45.0 Å². The second kappa shape index (κ2) is 6.98. The summed E-state index contributed by atoms with van der Waals surface area (Å²) in [6.07, 6.45) is 4.99. The van der Waals surface area contributed by atoms with Crippen LogP contribution in [0.1, 0.15) is 31.2 Å². The van der Waals surface area contributed by atoms with Gasteiger partial charge in [0.2, 0.25) is 5.91 Å². The van der Waals surface area contributed by atoms with Crippen molar-refractivity contribution in [3.8, 4) is 0 Å². The summed E-state index contributed by atoms with van der Waals surface area (Å²) in [7, 11) is 0. The number of rotatable bonds is 4. The highest BCUT2D eigenvalue weighted by Crippen LogP contribution is 2.43.